The first-order valence-electron chi connectivity index (χ1n) is 22.7. The fourth-order valence-corrected chi connectivity index (χ4v) is 9.01. The lowest BCUT2D eigenvalue weighted by Crippen LogP contribution is -2.66. The first-order chi connectivity index (χ1) is 34.0. The van der Waals surface area contributed by atoms with E-state index in [1.165, 1.54) is 6.92 Å². The lowest BCUT2D eigenvalue weighted by Gasteiger charge is -2.47. The van der Waals surface area contributed by atoms with Crippen molar-refractivity contribution < 1.29 is 163 Å². The Morgan fingerprint density at radius 3 is 1.53 bits per heavy atom. The minimum atomic E-state index is -2.26. The molecule has 418 valence electrons. The van der Waals surface area contributed by atoms with Crippen molar-refractivity contribution in [3.8, 4) is 0 Å². The van der Waals surface area contributed by atoms with Crippen molar-refractivity contribution in [1.29, 1.82) is 0 Å². The number of aliphatic carboxylic acids is 1. The minimum Gasteiger partial charge on any atom is -0.479 e. The number of carboxylic acids is 1. The molecule has 0 aromatic rings. The average Bonchev–Trinajstić information content (AvgIpc) is 3.80. The van der Waals surface area contributed by atoms with Gasteiger partial charge in [-0.15, -0.1) is 0 Å². The van der Waals surface area contributed by atoms with Crippen LogP contribution in [0, 0.1) is 0 Å². The monoisotopic (exact) mass is 1060 g/mol. The zero-order valence-electron chi connectivity index (χ0n) is 37.7. The molecule has 33 heteroatoms. The van der Waals surface area contributed by atoms with E-state index in [4.69, 9.17) is 61.6 Å². The van der Waals surface area contributed by atoms with Gasteiger partial charge in [0.1, 0.15) is 140 Å². The molecule has 72 heavy (non-hydrogen) atoms. The molecule has 0 amide bonds. The van der Waals surface area contributed by atoms with Crippen molar-refractivity contribution in [3.63, 3.8) is 0 Å². The molecule has 32 atom stereocenters. The van der Waals surface area contributed by atoms with Crippen LogP contribution in [0.3, 0.4) is 0 Å². The summed E-state index contributed by atoms with van der Waals surface area (Å²) in [5.74, 6) is -1.84. The Kier molecular flexibility index (Phi) is 19.5. The van der Waals surface area contributed by atoms with Gasteiger partial charge in [-0.05, 0) is 6.92 Å². The molecule has 7 fully saturated rings. The lowest BCUT2D eigenvalue weighted by atomic mass is 9.96. The molecule has 0 spiro atoms. The summed E-state index contributed by atoms with van der Waals surface area (Å²) in [4.78, 5) is 12.5. The number of hydrogen-bond acceptors (Lipinski definition) is 32. The second-order valence-electron chi connectivity index (χ2n) is 18.2. The molecule has 0 saturated carbocycles. The van der Waals surface area contributed by atoms with Gasteiger partial charge in [0.25, 0.3) is 0 Å². The largest absolute Gasteiger partial charge is 0.479 e. The topological polar surface area (TPSA) is 521 Å². The Labute approximate surface area is 405 Å². The predicted molar refractivity (Wildman–Crippen MR) is 213 cm³/mol. The molecule has 7 aliphatic heterocycles. The van der Waals surface area contributed by atoms with Crippen molar-refractivity contribution >= 4 is 5.97 Å². The summed E-state index contributed by atoms with van der Waals surface area (Å²) in [6, 6.07) is 0. The molecule has 0 aromatic heterocycles. The van der Waals surface area contributed by atoms with Crippen LogP contribution in [-0.2, 0) is 66.4 Å². The highest BCUT2D eigenvalue weighted by Gasteiger charge is 2.58. The Hall–Kier alpha value is -1.77. The number of rotatable bonds is 17. The molecule has 0 bridgehead atoms. The van der Waals surface area contributed by atoms with E-state index in [1.807, 2.05) is 0 Å². The van der Waals surface area contributed by atoms with Gasteiger partial charge in [0.15, 0.2) is 50.1 Å². The van der Waals surface area contributed by atoms with Crippen LogP contribution in [0.4, 0.5) is 0 Å². The highest BCUT2D eigenvalue weighted by atomic mass is 16.8. The molecule has 7 heterocycles. The molecule has 1 unspecified atom stereocenters. The zero-order valence-corrected chi connectivity index (χ0v) is 37.7. The summed E-state index contributed by atoms with van der Waals surface area (Å²) in [6.07, 6.45) is -60.8. The number of carbonyl (C=O) groups is 1. The highest BCUT2D eigenvalue weighted by Crippen LogP contribution is 2.37. The van der Waals surface area contributed by atoms with Crippen LogP contribution < -0.4 is 0 Å². The van der Waals surface area contributed by atoms with Gasteiger partial charge in [0, 0.05) is 0 Å². The Bertz CT molecular complexity index is 1730. The van der Waals surface area contributed by atoms with Gasteiger partial charge in [0.2, 0.25) is 0 Å². The molecule has 19 N–H and O–H groups in total. The lowest BCUT2D eigenvalue weighted by molar-refractivity contribution is -0.373. The van der Waals surface area contributed by atoms with Gasteiger partial charge in [-0.1, -0.05) is 0 Å². The van der Waals surface area contributed by atoms with Gasteiger partial charge in [-0.25, -0.2) is 4.79 Å². The van der Waals surface area contributed by atoms with Crippen molar-refractivity contribution in [1.82, 2.24) is 0 Å². The van der Waals surface area contributed by atoms with E-state index < -0.39 is 236 Å². The van der Waals surface area contributed by atoms with E-state index in [2.05, 4.69) is 0 Å². The molecule has 0 aromatic carbocycles. The fraction of sp³-hybridized carbons (Fsp3) is 0.974. The van der Waals surface area contributed by atoms with E-state index in [9.17, 15) is 102 Å². The van der Waals surface area contributed by atoms with Gasteiger partial charge in [0.05, 0.1) is 39.1 Å². The number of hydrogen-bond donors (Lipinski definition) is 19. The van der Waals surface area contributed by atoms with Gasteiger partial charge >= 0.3 is 5.97 Å². The SMILES string of the molecule is C[C@@H]1O[C@@H](O[C@H]2[C@H](O)[C@@H](O)[C@H](OC[C@H]3O[C@@H](OC[C@H]4OC(O)[C@H](O)[C@@H](O)[C@H]4O)[C@H](O)[C@@H](O[C@@H]4O[C@@H](CO)[C@H](O[C@H]5OC[C@H](O)[C@H](O)[C@H]5O)[C@H]4O)[C@H]3O[C@@H]3O[C@@H](CO)[C@H](O)[C@H]3O)O[C@@H]2C(=O)O)[C@H](O)[C@H](O)[C@H]1O. The third kappa shape index (κ3) is 11.9. The molecular formula is C39H64O33. The third-order valence-corrected chi connectivity index (χ3v) is 13.3. The summed E-state index contributed by atoms with van der Waals surface area (Å²) in [5, 5.41) is 200. The molecule has 0 radical (unpaired) electrons. The Balaban J connectivity index is 1.17. The van der Waals surface area contributed by atoms with Crippen molar-refractivity contribution in [2.45, 2.75) is 204 Å². The normalized spacial score (nSPS) is 53.4. The molecule has 7 saturated heterocycles. The molecule has 7 aliphatic rings. The zero-order chi connectivity index (χ0) is 52.8. The maximum Gasteiger partial charge on any atom is 0.335 e. The summed E-state index contributed by atoms with van der Waals surface area (Å²) in [5.41, 5.74) is 0. The number of aliphatic hydroxyl groups excluding tert-OH is 18. The Morgan fingerprint density at radius 2 is 0.889 bits per heavy atom. The van der Waals surface area contributed by atoms with Crippen LogP contribution in [0.5, 0.6) is 0 Å². The maximum absolute atomic E-state index is 12.5. The summed E-state index contributed by atoms with van der Waals surface area (Å²) >= 11 is 0. The van der Waals surface area contributed by atoms with Crippen LogP contribution in [0.15, 0.2) is 0 Å². The minimum absolute atomic E-state index is 0.542. The smallest absolute Gasteiger partial charge is 0.335 e. The summed E-state index contributed by atoms with van der Waals surface area (Å²) in [7, 11) is 0. The molecular weight excluding hydrogens is 996 g/mol. The van der Waals surface area contributed by atoms with E-state index in [1.54, 1.807) is 0 Å². The van der Waals surface area contributed by atoms with Crippen LogP contribution in [0.1, 0.15) is 6.92 Å². The van der Waals surface area contributed by atoms with E-state index in [0.717, 1.165) is 0 Å². The quantitative estimate of drug-likeness (QED) is 0.0643. The Morgan fingerprint density at radius 1 is 0.417 bits per heavy atom. The standard InChI is InChI=1S/C39H64O33/c1-7-13(43)17(47)23(53)37(63-7)70-29-19(49)24(54)35(72-31(29)32(57)58)62-6-12-28(69-38-22(52)15(45)9(2-40)65-38)30(26(56)36(67-12)61-5-11-16(46)18(48)20(50)33(59)64-11)71-39-25(55)27(10(3-41)66-39)68-34-21(51)14(44)8(42)4-60-34/h7-31,33-56,59H,2-6H2,1H3,(H,57,58)/t7-,8-,9-,10-,11+,12+,13-,14-,15-,16-,17+,18-,19+,20+,21+,22+,23+,24+,25+,26+,27-,28-,29-,30+,31-,33?,34+,35+,36+,37-,38-,39-/m0/s1. The van der Waals surface area contributed by atoms with Crippen molar-refractivity contribution in [2.75, 3.05) is 33.0 Å². The molecule has 7 rings (SSSR count). The second-order valence-corrected chi connectivity index (χ2v) is 18.2. The van der Waals surface area contributed by atoms with E-state index >= 15 is 0 Å². The highest BCUT2D eigenvalue weighted by molar-refractivity contribution is 5.73. The van der Waals surface area contributed by atoms with Gasteiger partial charge in [-0.2, -0.15) is 0 Å². The number of carboxylic acid groups (broad SMARTS) is 1. The van der Waals surface area contributed by atoms with E-state index in [-0.39, 0.29) is 0 Å². The number of ether oxygens (including phenoxy) is 13. The van der Waals surface area contributed by atoms with Crippen LogP contribution in [-0.4, -0.2) is 333 Å². The maximum atomic E-state index is 12.5. The second kappa shape index (κ2) is 24.3. The predicted octanol–water partition coefficient (Wildman–Crippen LogP) is -13.2. The van der Waals surface area contributed by atoms with Crippen LogP contribution in [0.2, 0.25) is 0 Å². The van der Waals surface area contributed by atoms with Gasteiger partial charge in [-0.3, -0.25) is 0 Å². The first kappa shape index (κ1) is 57.9. The molecule has 0 aliphatic carbocycles. The van der Waals surface area contributed by atoms with Gasteiger partial charge < -0.3 is 159 Å². The van der Waals surface area contributed by atoms with Crippen molar-refractivity contribution in [2.24, 2.45) is 0 Å². The average molecular weight is 1060 g/mol. The summed E-state index contributed by atoms with van der Waals surface area (Å²) < 4.78 is 73.2. The van der Waals surface area contributed by atoms with Crippen molar-refractivity contribution in [3.05, 3.63) is 0 Å². The van der Waals surface area contributed by atoms with E-state index in [0.29, 0.717) is 0 Å². The van der Waals surface area contributed by atoms with Crippen LogP contribution in [0.25, 0.3) is 0 Å². The third-order valence-electron chi connectivity index (χ3n) is 13.3. The summed E-state index contributed by atoms with van der Waals surface area (Å²) in [6.45, 7) is -2.97. The molecule has 33 nitrogen and oxygen atoms in total. The first-order valence-corrected chi connectivity index (χ1v) is 22.7. The fourth-order valence-electron chi connectivity index (χ4n) is 9.01. The van der Waals surface area contributed by atoms with Crippen LogP contribution >= 0.6 is 0 Å². The number of aliphatic hydroxyl groups is 18.